The number of hydrogen-bond donors (Lipinski definition) is 2. The van der Waals surface area contributed by atoms with E-state index in [1.165, 1.54) is 0 Å². The van der Waals surface area contributed by atoms with E-state index in [1.807, 2.05) is 36.4 Å². The van der Waals surface area contributed by atoms with E-state index >= 15 is 0 Å². The van der Waals surface area contributed by atoms with Gasteiger partial charge in [0, 0.05) is 21.8 Å². The van der Waals surface area contributed by atoms with Crippen LogP contribution in [0.25, 0.3) is 11.3 Å². The number of carbonyl (C=O) groups excluding carboxylic acids is 1. The van der Waals surface area contributed by atoms with Gasteiger partial charge in [-0.3, -0.25) is 14.6 Å². The van der Waals surface area contributed by atoms with E-state index < -0.39 is 0 Å². The summed E-state index contributed by atoms with van der Waals surface area (Å²) in [4.78, 5) is 12.6. The SMILES string of the molecule is O=C(Nc1nn(Cc2ccccc2Cl)cc1Br)c1cc(-c2ccc(Cl)cc2)n[nH]1. The quantitative estimate of drug-likeness (QED) is 0.380. The summed E-state index contributed by atoms with van der Waals surface area (Å²) in [7, 11) is 0. The van der Waals surface area contributed by atoms with E-state index in [-0.39, 0.29) is 5.91 Å². The molecule has 0 bridgehead atoms. The van der Waals surface area contributed by atoms with E-state index in [9.17, 15) is 4.79 Å². The Hall–Kier alpha value is -2.61. The lowest BCUT2D eigenvalue weighted by molar-refractivity contribution is 0.102. The molecule has 2 heterocycles. The van der Waals surface area contributed by atoms with Crippen molar-refractivity contribution in [3.63, 3.8) is 0 Å². The molecule has 6 nitrogen and oxygen atoms in total. The molecule has 4 rings (SSSR count). The fourth-order valence-corrected chi connectivity index (χ4v) is 3.48. The van der Waals surface area contributed by atoms with E-state index in [2.05, 4.69) is 36.5 Å². The fraction of sp³-hybridized carbons (Fsp3) is 0.0500. The number of benzene rings is 2. The molecule has 0 saturated heterocycles. The minimum absolute atomic E-state index is 0.322. The number of hydrogen-bond acceptors (Lipinski definition) is 3. The Kier molecular flexibility index (Phi) is 5.71. The van der Waals surface area contributed by atoms with Crippen LogP contribution >= 0.6 is 39.1 Å². The first-order chi connectivity index (χ1) is 14.0. The second kappa shape index (κ2) is 8.41. The molecule has 0 fully saturated rings. The van der Waals surface area contributed by atoms with Crippen molar-refractivity contribution >= 4 is 50.9 Å². The number of rotatable bonds is 5. The van der Waals surface area contributed by atoms with Gasteiger partial charge in [0.1, 0.15) is 5.69 Å². The van der Waals surface area contributed by atoms with Crippen LogP contribution in [-0.4, -0.2) is 25.9 Å². The van der Waals surface area contributed by atoms with Gasteiger partial charge in [0.05, 0.1) is 16.7 Å². The van der Waals surface area contributed by atoms with Crippen molar-refractivity contribution in [3.05, 3.63) is 86.6 Å². The molecule has 0 saturated carbocycles. The zero-order valence-corrected chi connectivity index (χ0v) is 18.0. The van der Waals surface area contributed by atoms with E-state index in [4.69, 9.17) is 23.2 Å². The van der Waals surface area contributed by atoms with Gasteiger partial charge in [-0.1, -0.05) is 53.5 Å². The Labute approximate surface area is 185 Å². The molecule has 2 N–H and O–H groups in total. The van der Waals surface area contributed by atoms with Gasteiger partial charge in [-0.05, 0) is 45.8 Å². The van der Waals surface area contributed by atoms with Crippen LogP contribution < -0.4 is 5.32 Å². The number of H-pyrrole nitrogens is 1. The number of aromatic nitrogens is 4. The van der Waals surface area contributed by atoms with Crippen LogP contribution in [-0.2, 0) is 6.54 Å². The zero-order chi connectivity index (χ0) is 20.4. The van der Waals surface area contributed by atoms with Crippen LogP contribution in [0.1, 0.15) is 16.1 Å². The number of nitrogens with zero attached hydrogens (tertiary/aromatic N) is 3. The summed E-state index contributed by atoms with van der Waals surface area (Å²) in [5.74, 6) is 0.0612. The Balaban J connectivity index is 1.48. The predicted molar refractivity (Wildman–Crippen MR) is 117 cm³/mol. The van der Waals surface area contributed by atoms with Crippen LogP contribution in [0.2, 0.25) is 10.0 Å². The van der Waals surface area contributed by atoms with Gasteiger partial charge in [0.25, 0.3) is 5.91 Å². The maximum Gasteiger partial charge on any atom is 0.274 e. The van der Waals surface area contributed by atoms with Crippen molar-refractivity contribution in [2.75, 3.05) is 5.32 Å². The number of amides is 1. The fourth-order valence-electron chi connectivity index (χ4n) is 2.75. The maximum absolute atomic E-state index is 12.6. The second-order valence-electron chi connectivity index (χ2n) is 6.24. The van der Waals surface area contributed by atoms with E-state index in [0.717, 1.165) is 11.1 Å². The average molecular weight is 491 g/mol. The van der Waals surface area contributed by atoms with Crippen LogP contribution in [0.5, 0.6) is 0 Å². The Morgan fingerprint density at radius 1 is 1.14 bits per heavy atom. The third kappa shape index (κ3) is 4.53. The first-order valence-electron chi connectivity index (χ1n) is 8.58. The third-order valence-electron chi connectivity index (χ3n) is 4.20. The number of aromatic amines is 1. The van der Waals surface area contributed by atoms with Gasteiger partial charge < -0.3 is 5.32 Å². The number of carbonyl (C=O) groups is 1. The van der Waals surface area contributed by atoms with Crippen molar-refractivity contribution in [3.8, 4) is 11.3 Å². The molecule has 0 aliphatic heterocycles. The minimum atomic E-state index is -0.346. The Bertz CT molecular complexity index is 1170. The van der Waals surface area contributed by atoms with E-state index in [0.29, 0.717) is 38.3 Å². The third-order valence-corrected chi connectivity index (χ3v) is 5.40. The van der Waals surface area contributed by atoms with Gasteiger partial charge in [0.2, 0.25) is 0 Å². The molecule has 29 heavy (non-hydrogen) atoms. The molecule has 2 aromatic heterocycles. The van der Waals surface area contributed by atoms with Crippen molar-refractivity contribution in [2.45, 2.75) is 6.54 Å². The Morgan fingerprint density at radius 2 is 1.90 bits per heavy atom. The largest absolute Gasteiger partial charge is 0.303 e. The first-order valence-corrected chi connectivity index (χ1v) is 10.1. The lowest BCUT2D eigenvalue weighted by Gasteiger charge is -2.04. The van der Waals surface area contributed by atoms with Gasteiger partial charge in [-0.25, -0.2) is 0 Å². The summed E-state index contributed by atoms with van der Waals surface area (Å²) >= 11 is 15.5. The smallest absolute Gasteiger partial charge is 0.274 e. The predicted octanol–water partition coefficient (Wildman–Crippen LogP) is 5.64. The molecule has 0 atom stereocenters. The van der Waals surface area contributed by atoms with Gasteiger partial charge in [-0.2, -0.15) is 10.2 Å². The van der Waals surface area contributed by atoms with Crippen LogP contribution in [0.15, 0.2) is 65.3 Å². The number of halogens is 3. The highest BCUT2D eigenvalue weighted by molar-refractivity contribution is 9.10. The molecular weight excluding hydrogens is 477 g/mol. The zero-order valence-electron chi connectivity index (χ0n) is 14.9. The summed E-state index contributed by atoms with van der Waals surface area (Å²) in [6, 6.07) is 16.4. The molecule has 0 radical (unpaired) electrons. The van der Waals surface area contributed by atoms with Crippen molar-refractivity contribution in [1.29, 1.82) is 0 Å². The standard InChI is InChI=1S/C20H14BrCl2N5O/c21-15-11-28(10-13-3-1-2-4-16(13)23)27-19(15)24-20(29)18-9-17(25-26-18)12-5-7-14(22)8-6-12/h1-9,11H,10H2,(H,25,26)(H,24,27,29). The molecule has 0 unspecified atom stereocenters. The molecule has 9 heteroatoms. The lowest BCUT2D eigenvalue weighted by atomic mass is 10.1. The maximum atomic E-state index is 12.6. The topological polar surface area (TPSA) is 75.6 Å². The minimum Gasteiger partial charge on any atom is -0.303 e. The lowest BCUT2D eigenvalue weighted by Crippen LogP contribution is -2.13. The Morgan fingerprint density at radius 3 is 2.66 bits per heavy atom. The molecule has 4 aromatic rings. The normalized spacial score (nSPS) is 10.9. The molecule has 0 spiro atoms. The van der Waals surface area contributed by atoms with Gasteiger partial charge >= 0.3 is 0 Å². The summed E-state index contributed by atoms with van der Waals surface area (Å²) in [5, 5.41) is 15.4. The first kappa shape index (κ1) is 19.7. The molecule has 1 amide bonds. The highest BCUT2D eigenvalue weighted by atomic mass is 79.9. The average Bonchev–Trinajstić information content (AvgIpc) is 3.32. The van der Waals surface area contributed by atoms with Crippen LogP contribution in [0.4, 0.5) is 5.82 Å². The van der Waals surface area contributed by atoms with E-state index in [1.54, 1.807) is 29.1 Å². The molecule has 0 aliphatic carbocycles. The molecule has 146 valence electrons. The number of anilines is 1. The van der Waals surface area contributed by atoms with Gasteiger partial charge in [0.15, 0.2) is 5.82 Å². The van der Waals surface area contributed by atoms with Crippen LogP contribution in [0, 0.1) is 0 Å². The highest BCUT2D eigenvalue weighted by Gasteiger charge is 2.15. The summed E-state index contributed by atoms with van der Waals surface area (Å²) in [5.41, 5.74) is 2.76. The summed E-state index contributed by atoms with van der Waals surface area (Å²) in [6.07, 6.45) is 1.78. The van der Waals surface area contributed by atoms with Crippen molar-refractivity contribution < 1.29 is 4.79 Å². The molecule has 2 aromatic carbocycles. The molecular formula is C20H14BrCl2N5O. The van der Waals surface area contributed by atoms with Gasteiger partial charge in [-0.15, -0.1) is 0 Å². The van der Waals surface area contributed by atoms with Crippen molar-refractivity contribution in [1.82, 2.24) is 20.0 Å². The molecule has 0 aliphatic rings. The van der Waals surface area contributed by atoms with Crippen molar-refractivity contribution in [2.24, 2.45) is 0 Å². The second-order valence-corrected chi connectivity index (χ2v) is 7.94. The number of nitrogens with one attached hydrogen (secondary N) is 2. The van der Waals surface area contributed by atoms with Crippen LogP contribution in [0.3, 0.4) is 0 Å². The summed E-state index contributed by atoms with van der Waals surface area (Å²) < 4.78 is 2.36. The monoisotopic (exact) mass is 489 g/mol. The summed E-state index contributed by atoms with van der Waals surface area (Å²) in [6.45, 7) is 0.485. The highest BCUT2D eigenvalue weighted by Crippen LogP contribution is 2.24.